The van der Waals surface area contributed by atoms with Crippen LogP contribution in [0.1, 0.15) is 36.8 Å². The Kier molecular flexibility index (Phi) is 2.94. The van der Waals surface area contributed by atoms with E-state index in [0.717, 1.165) is 11.4 Å². The Labute approximate surface area is 96.2 Å². The van der Waals surface area contributed by atoms with Gasteiger partial charge < -0.3 is 0 Å². The van der Waals surface area contributed by atoms with E-state index in [1.165, 1.54) is 16.4 Å². The molecule has 1 aliphatic rings. The maximum absolute atomic E-state index is 12.8. The summed E-state index contributed by atoms with van der Waals surface area (Å²) in [5.41, 5.74) is 0.460. The highest BCUT2D eigenvalue weighted by atomic mass is 32.2. The molecule has 2 nitrogen and oxygen atoms in total. The molecule has 0 aliphatic carbocycles. The van der Waals surface area contributed by atoms with Crippen molar-refractivity contribution in [2.24, 2.45) is 0 Å². The Morgan fingerprint density at radius 3 is 2.62 bits per heavy atom. The van der Waals surface area contributed by atoms with Gasteiger partial charge in [-0.2, -0.15) is 30.0 Å². The van der Waals surface area contributed by atoms with Gasteiger partial charge in [0.05, 0.1) is 0 Å². The lowest BCUT2D eigenvalue weighted by Crippen LogP contribution is -2.11. The molecule has 0 radical (unpaired) electrons. The summed E-state index contributed by atoms with van der Waals surface area (Å²) in [5.74, 6) is 1.31. The summed E-state index contributed by atoms with van der Waals surface area (Å²) in [5, 5.41) is 3.74. The fourth-order valence-corrected chi connectivity index (χ4v) is 2.91. The Morgan fingerprint density at radius 1 is 1.38 bits per heavy atom. The number of aromatic nitrogens is 2. The molecule has 1 aliphatic heterocycles. The molecule has 0 N–H and O–H groups in total. The van der Waals surface area contributed by atoms with Crippen molar-refractivity contribution < 1.29 is 13.2 Å². The summed E-state index contributed by atoms with van der Waals surface area (Å²) in [6.07, 6.45) is -3.65. The van der Waals surface area contributed by atoms with Gasteiger partial charge in [0, 0.05) is 23.1 Å². The number of fused-ring (bicyclic) bond motifs is 1. The number of nitrogens with zero attached hydrogens (tertiary/aromatic N) is 2. The topological polar surface area (TPSA) is 17.8 Å². The lowest BCUT2D eigenvalue weighted by Gasteiger charge is -2.16. The molecule has 6 heteroatoms. The molecule has 2 rings (SSSR count). The van der Waals surface area contributed by atoms with Crippen molar-refractivity contribution >= 4 is 11.8 Å². The van der Waals surface area contributed by atoms with E-state index in [1.807, 2.05) is 13.8 Å². The second-order valence-corrected chi connectivity index (χ2v) is 5.22. The van der Waals surface area contributed by atoms with Gasteiger partial charge in [-0.3, -0.25) is 4.68 Å². The van der Waals surface area contributed by atoms with Crippen LogP contribution in [0.4, 0.5) is 13.2 Å². The molecule has 0 unspecified atom stereocenters. The molecule has 16 heavy (non-hydrogen) atoms. The van der Waals surface area contributed by atoms with E-state index in [4.69, 9.17) is 0 Å². The van der Waals surface area contributed by atoms with Gasteiger partial charge in [-0.25, -0.2) is 0 Å². The Balaban J connectivity index is 2.55. The van der Waals surface area contributed by atoms with Crippen LogP contribution in [0.15, 0.2) is 0 Å². The zero-order chi connectivity index (χ0) is 11.9. The standard InChI is InChI=1S/C10H13F3N2S/c1-6(2)15-8-3-4-16-5-7(8)9(14-15)10(11,12)13/h6H,3-5H2,1-2H3. The lowest BCUT2D eigenvalue weighted by molar-refractivity contribution is -0.142. The summed E-state index contributed by atoms with van der Waals surface area (Å²) in [4.78, 5) is 0. The van der Waals surface area contributed by atoms with Gasteiger partial charge in [-0.15, -0.1) is 0 Å². The molecule has 0 atom stereocenters. The molecular weight excluding hydrogens is 237 g/mol. The van der Waals surface area contributed by atoms with Gasteiger partial charge in [0.25, 0.3) is 0 Å². The van der Waals surface area contributed by atoms with Crippen LogP contribution in [-0.2, 0) is 18.3 Å². The SMILES string of the molecule is CC(C)n1nc(C(F)(F)F)c2c1CCSC2. The molecule has 2 heterocycles. The zero-order valence-electron chi connectivity index (χ0n) is 9.14. The largest absolute Gasteiger partial charge is 0.435 e. The predicted molar refractivity (Wildman–Crippen MR) is 57.5 cm³/mol. The minimum Gasteiger partial charge on any atom is -0.266 e. The summed E-state index contributed by atoms with van der Waals surface area (Å²) in [6.45, 7) is 3.71. The summed E-state index contributed by atoms with van der Waals surface area (Å²) in [6, 6.07) is -0.0204. The van der Waals surface area contributed by atoms with Crippen molar-refractivity contribution in [1.29, 1.82) is 0 Å². The van der Waals surface area contributed by atoms with Crippen LogP contribution in [0, 0.1) is 0 Å². The smallest absolute Gasteiger partial charge is 0.266 e. The van der Waals surface area contributed by atoms with Crippen molar-refractivity contribution in [3.63, 3.8) is 0 Å². The normalized spacial score (nSPS) is 16.6. The number of hydrogen-bond donors (Lipinski definition) is 0. The zero-order valence-corrected chi connectivity index (χ0v) is 9.95. The van der Waals surface area contributed by atoms with Gasteiger partial charge in [-0.1, -0.05) is 0 Å². The quantitative estimate of drug-likeness (QED) is 0.761. The van der Waals surface area contributed by atoms with Gasteiger partial charge in [0.1, 0.15) is 0 Å². The number of halogens is 3. The average Bonchev–Trinajstić information content (AvgIpc) is 2.56. The van der Waals surface area contributed by atoms with Crippen molar-refractivity contribution in [2.75, 3.05) is 5.75 Å². The van der Waals surface area contributed by atoms with E-state index in [-0.39, 0.29) is 6.04 Å². The first-order chi connectivity index (χ1) is 7.41. The number of rotatable bonds is 1. The van der Waals surface area contributed by atoms with E-state index in [1.54, 1.807) is 0 Å². The maximum atomic E-state index is 12.8. The number of thioether (sulfide) groups is 1. The van der Waals surface area contributed by atoms with E-state index in [9.17, 15) is 13.2 Å². The fourth-order valence-electron chi connectivity index (χ4n) is 1.92. The molecule has 0 saturated carbocycles. The number of alkyl halides is 3. The molecule has 1 aromatic heterocycles. The van der Waals surface area contributed by atoms with Gasteiger partial charge in [0.2, 0.25) is 0 Å². The first kappa shape index (κ1) is 11.8. The average molecular weight is 250 g/mol. The molecule has 90 valence electrons. The Morgan fingerprint density at radius 2 is 2.06 bits per heavy atom. The molecule has 1 aromatic rings. The monoisotopic (exact) mass is 250 g/mol. The van der Waals surface area contributed by atoms with Crippen LogP contribution in [0.2, 0.25) is 0 Å². The summed E-state index contributed by atoms with van der Waals surface area (Å²) >= 11 is 1.54. The van der Waals surface area contributed by atoms with Gasteiger partial charge >= 0.3 is 6.18 Å². The summed E-state index contributed by atoms with van der Waals surface area (Å²) in [7, 11) is 0. The Bertz CT molecular complexity index is 396. The van der Waals surface area contributed by atoms with E-state index in [0.29, 0.717) is 17.7 Å². The third kappa shape index (κ3) is 1.95. The molecule has 0 spiro atoms. The van der Waals surface area contributed by atoms with E-state index >= 15 is 0 Å². The summed E-state index contributed by atoms with van der Waals surface area (Å²) < 4.78 is 39.8. The molecule has 0 amide bonds. The minimum atomic E-state index is -4.33. The second-order valence-electron chi connectivity index (χ2n) is 4.11. The highest BCUT2D eigenvalue weighted by Gasteiger charge is 2.39. The third-order valence-electron chi connectivity index (χ3n) is 2.61. The van der Waals surface area contributed by atoms with Crippen molar-refractivity contribution in [3.8, 4) is 0 Å². The van der Waals surface area contributed by atoms with Crippen molar-refractivity contribution in [3.05, 3.63) is 17.0 Å². The van der Waals surface area contributed by atoms with Crippen LogP contribution in [0.25, 0.3) is 0 Å². The van der Waals surface area contributed by atoms with Crippen LogP contribution < -0.4 is 0 Å². The van der Waals surface area contributed by atoms with Crippen LogP contribution in [0.3, 0.4) is 0 Å². The first-order valence-corrected chi connectivity index (χ1v) is 6.32. The van der Waals surface area contributed by atoms with Crippen LogP contribution >= 0.6 is 11.8 Å². The van der Waals surface area contributed by atoms with Crippen LogP contribution in [0.5, 0.6) is 0 Å². The first-order valence-electron chi connectivity index (χ1n) is 5.16. The molecule has 0 bridgehead atoms. The number of hydrogen-bond acceptors (Lipinski definition) is 2. The van der Waals surface area contributed by atoms with Crippen LogP contribution in [-0.4, -0.2) is 15.5 Å². The lowest BCUT2D eigenvalue weighted by atomic mass is 10.1. The predicted octanol–water partition coefficient (Wildman–Crippen LogP) is 3.27. The van der Waals surface area contributed by atoms with E-state index in [2.05, 4.69) is 5.10 Å². The van der Waals surface area contributed by atoms with E-state index < -0.39 is 11.9 Å². The highest BCUT2D eigenvalue weighted by Crippen LogP contribution is 2.37. The van der Waals surface area contributed by atoms with Crippen molar-refractivity contribution in [2.45, 2.75) is 38.2 Å². The molecule has 0 fully saturated rings. The highest BCUT2D eigenvalue weighted by molar-refractivity contribution is 7.98. The second kappa shape index (κ2) is 3.98. The minimum absolute atomic E-state index is 0.0204. The third-order valence-corrected chi connectivity index (χ3v) is 3.59. The van der Waals surface area contributed by atoms with Gasteiger partial charge in [0.15, 0.2) is 5.69 Å². The Hall–Kier alpha value is -0.650. The van der Waals surface area contributed by atoms with Crippen molar-refractivity contribution in [1.82, 2.24) is 9.78 Å². The fraction of sp³-hybridized carbons (Fsp3) is 0.700. The maximum Gasteiger partial charge on any atom is 0.435 e. The molecular formula is C10H13F3N2S. The molecule has 0 saturated heterocycles. The molecule has 0 aromatic carbocycles. The van der Waals surface area contributed by atoms with Gasteiger partial charge in [-0.05, 0) is 26.0 Å².